The van der Waals surface area contributed by atoms with Crippen molar-refractivity contribution in [2.75, 3.05) is 26.7 Å². The first-order chi connectivity index (χ1) is 12.7. The van der Waals surface area contributed by atoms with E-state index in [4.69, 9.17) is 4.98 Å². The second kappa shape index (κ2) is 7.86. The summed E-state index contributed by atoms with van der Waals surface area (Å²) < 4.78 is 1.24. The summed E-state index contributed by atoms with van der Waals surface area (Å²) in [5.74, 6) is 0.600. The summed E-state index contributed by atoms with van der Waals surface area (Å²) in [6, 6.07) is 12.5. The van der Waals surface area contributed by atoms with E-state index >= 15 is 0 Å². The molecule has 1 atom stereocenters. The zero-order chi connectivity index (χ0) is 17.9. The van der Waals surface area contributed by atoms with Gasteiger partial charge >= 0.3 is 0 Å². The van der Waals surface area contributed by atoms with E-state index in [1.165, 1.54) is 14.6 Å². The summed E-state index contributed by atoms with van der Waals surface area (Å²) in [6.07, 6.45) is 2.18. The number of hydrogen-bond acceptors (Lipinski definition) is 5. The lowest BCUT2D eigenvalue weighted by molar-refractivity contribution is -0.133. The highest BCUT2D eigenvalue weighted by atomic mass is 32.1. The lowest BCUT2D eigenvalue weighted by atomic mass is 9.98. The average Bonchev–Trinajstić information content (AvgIpc) is 3.31. The first kappa shape index (κ1) is 17.6. The highest BCUT2D eigenvalue weighted by Crippen LogP contribution is 2.33. The van der Waals surface area contributed by atoms with E-state index in [-0.39, 0.29) is 5.91 Å². The summed E-state index contributed by atoms with van der Waals surface area (Å²) in [7, 11) is 2.02. The summed E-state index contributed by atoms with van der Waals surface area (Å²) in [5, 5.41) is 3.26. The third-order valence-electron chi connectivity index (χ3n) is 4.84. The predicted octanol–water partition coefficient (Wildman–Crippen LogP) is 4.20. The van der Waals surface area contributed by atoms with Crippen LogP contribution >= 0.6 is 22.7 Å². The molecule has 3 aromatic rings. The Morgan fingerprint density at radius 3 is 3.00 bits per heavy atom. The van der Waals surface area contributed by atoms with Gasteiger partial charge in [-0.1, -0.05) is 18.2 Å². The third-order valence-corrected chi connectivity index (χ3v) is 6.90. The van der Waals surface area contributed by atoms with Crippen LogP contribution in [0.15, 0.2) is 41.8 Å². The molecule has 4 nitrogen and oxygen atoms in total. The van der Waals surface area contributed by atoms with Crippen molar-refractivity contribution in [1.29, 1.82) is 0 Å². The molecule has 2 aromatic heterocycles. The largest absolute Gasteiger partial charge is 0.341 e. The maximum atomic E-state index is 12.8. The van der Waals surface area contributed by atoms with Gasteiger partial charge in [-0.25, -0.2) is 4.98 Å². The number of hydrogen-bond donors (Lipinski definition) is 0. The topological polar surface area (TPSA) is 36.4 Å². The van der Waals surface area contributed by atoms with Gasteiger partial charge in [-0.05, 0) is 43.5 Å². The van der Waals surface area contributed by atoms with Crippen LogP contribution in [0.3, 0.4) is 0 Å². The van der Waals surface area contributed by atoms with Crippen molar-refractivity contribution in [3.63, 3.8) is 0 Å². The molecule has 26 heavy (non-hydrogen) atoms. The molecule has 1 amide bonds. The molecule has 0 saturated carbocycles. The Labute approximate surface area is 162 Å². The van der Waals surface area contributed by atoms with Crippen molar-refractivity contribution in [3.8, 4) is 0 Å². The van der Waals surface area contributed by atoms with E-state index in [1.807, 2.05) is 18.0 Å². The van der Waals surface area contributed by atoms with Gasteiger partial charge in [0.2, 0.25) is 5.91 Å². The highest BCUT2D eigenvalue weighted by Gasteiger charge is 2.27. The van der Waals surface area contributed by atoms with Crippen molar-refractivity contribution in [2.24, 2.45) is 0 Å². The molecule has 1 fully saturated rings. The summed E-state index contributed by atoms with van der Waals surface area (Å²) in [4.78, 5) is 23.0. The first-order valence-electron chi connectivity index (χ1n) is 9.03. The number of thiazole rings is 1. The molecule has 1 aliphatic rings. The quantitative estimate of drug-likeness (QED) is 0.661. The van der Waals surface area contributed by atoms with Crippen LogP contribution in [0.2, 0.25) is 0 Å². The second-order valence-electron chi connectivity index (χ2n) is 6.95. The number of nitrogens with zero attached hydrogens (tertiary/aromatic N) is 3. The zero-order valence-electron chi connectivity index (χ0n) is 14.9. The van der Waals surface area contributed by atoms with Crippen LogP contribution in [0.25, 0.3) is 10.2 Å². The zero-order valence-corrected chi connectivity index (χ0v) is 16.6. The van der Waals surface area contributed by atoms with Crippen LogP contribution in [0.5, 0.6) is 0 Å². The molecule has 3 heterocycles. The summed E-state index contributed by atoms with van der Waals surface area (Å²) in [6.45, 7) is 2.97. The monoisotopic (exact) mass is 385 g/mol. The first-order valence-corrected chi connectivity index (χ1v) is 10.7. The van der Waals surface area contributed by atoms with Gasteiger partial charge in [0.1, 0.15) is 0 Å². The fraction of sp³-hybridized carbons (Fsp3) is 0.400. The number of benzene rings is 1. The smallest absolute Gasteiger partial charge is 0.236 e. The van der Waals surface area contributed by atoms with Gasteiger partial charge in [-0.2, -0.15) is 0 Å². The summed E-state index contributed by atoms with van der Waals surface area (Å²) >= 11 is 3.52. The molecule has 4 rings (SSSR count). The van der Waals surface area contributed by atoms with Gasteiger partial charge in [0, 0.05) is 30.4 Å². The number of para-hydroxylation sites is 1. The van der Waals surface area contributed by atoms with Crippen LogP contribution in [-0.2, 0) is 11.3 Å². The van der Waals surface area contributed by atoms with Gasteiger partial charge < -0.3 is 4.90 Å². The van der Waals surface area contributed by atoms with E-state index in [1.54, 1.807) is 22.7 Å². The number of rotatable bonds is 5. The predicted molar refractivity (Wildman–Crippen MR) is 109 cm³/mol. The Bertz CT molecular complexity index is 841. The number of likely N-dealkylation sites (N-methyl/N-ethyl adjacent to an activating group) is 1. The third kappa shape index (κ3) is 3.98. The van der Waals surface area contributed by atoms with E-state index in [9.17, 15) is 4.79 Å². The molecule has 136 valence electrons. The minimum absolute atomic E-state index is 0.231. The number of carbonyl (C=O) groups excluding carboxylic acids is 1. The maximum absolute atomic E-state index is 12.8. The number of carbonyl (C=O) groups is 1. The minimum Gasteiger partial charge on any atom is -0.341 e. The molecule has 0 spiro atoms. The number of likely N-dealkylation sites (tertiary alicyclic amines) is 1. The number of aromatic nitrogens is 1. The second-order valence-corrected chi connectivity index (χ2v) is 9.04. The van der Waals surface area contributed by atoms with Gasteiger partial charge in [-0.15, -0.1) is 22.7 Å². The minimum atomic E-state index is 0.231. The fourth-order valence-electron chi connectivity index (χ4n) is 3.53. The van der Waals surface area contributed by atoms with E-state index in [2.05, 4.69) is 40.6 Å². The lowest BCUT2D eigenvalue weighted by Crippen LogP contribution is -2.43. The van der Waals surface area contributed by atoms with Crippen molar-refractivity contribution >= 4 is 38.8 Å². The number of amides is 1. The van der Waals surface area contributed by atoms with E-state index in [0.717, 1.165) is 38.0 Å². The van der Waals surface area contributed by atoms with Crippen LogP contribution < -0.4 is 0 Å². The molecule has 0 unspecified atom stereocenters. The molecule has 6 heteroatoms. The molecule has 1 saturated heterocycles. The number of thiophene rings is 1. The molecule has 0 aliphatic carbocycles. The number of fused-ring (bicyclic) bond motifs is 1. The Morgan fingerprint density at radius 1 is 1.31 bits per heavy atom. The molecule has 0 bridgehead atoms. The molecule has 1 aromatic carbocycles. The standard InChI is InChI=1S/C20H23N3OS2/c1-22(13-16-7-5-11-25-16)14-19(24)23-10-4-6-15(12-23)20-21-17-8-2-3-9-18(17)26-20/h2-3,5,7-9,11,15H,4,6,10,12-14H2,1H3/t15-/m0/s1. The van der Waals surface area contributed by atoms with Gasteiger partial charge in [0.05, 0.1) is 21.8 Å². The summed E-state index contributed by atoms with van der Waals surface area (Å²) in [5.41, 5.74) is 1.08. The van der Waals surface area contributed by atoms with Gasteiger partial charge in [-0.3, -0.25) is 9.69 Å². The van der Waals surface area contributed by atoms with Crippen LogP contribution in [-0.4, -0.2) is 47.4 Å². The lowest BCUT2D eigenvalue weighted by Gasteiger charge is -2.33. The average molecular weight is 386 g/mol. The Kier molecular flexibility index (Phi) is 5.33. The molecule has 1 aliphatic heterocycles. The normalized spacial score (nSPS) is 17.9. The molecule has 0 radical (unpaired) electrons. The molecule has 0 N–H and O–H groups in total. The van der Waals surface area contributed by atoms with Crippen LogP contribution in [0, 0.1) is 0 Å². The van der Waals surface area contributed by atoms with Crippen LogP contribution in [0.4, 0.5) is 0 Å². The van der Waals surface area contributed by atoms with Gasteiger partial charge in [0.25, 0.3) is 0 Å². The van der Waals surface area contributed by atoms with Gasteiger partial charge in [0.15, 0.2) is 0 Å². The molecular weight excluding hydrogens is 362 g/mol. The van der Waals surface area contributed by atoms with Crippen LogP contribution in [0.1, 0.15) is 28.6 Å². The van der Waals surface area contributed by atoms with Crippen molar-refractivity contribution in [2.45, 2.75) is 25.3 Å². The van der Waals surface area contributed by atoms with E-state index in [0.29, 0.717) is 12.5 Å². The molecular formula is C20H23N3OS2. The SMILES string of the molecule is CN(CC(=O)N1CCC[C@H](c2nc3ccccc3s2)C1)Cc1cccs1. The number of piperidine rings is 1. The fourth-order valence-corrected chi connectivity index (χ4v) is 5.40. The Morgan fingerprint density at radius 2 is 2.19 bits per heavy atom. The Balaban J connectivity index is 1.38. The maximum Gasteiger partial charge on any atom is 0.236 e. The Hall–Kier alpha value is -1.76. The van der Waals surface area contributed by atoms with Crippen molar-refractivity contribution < 1.29 is 4.79 Å². The highest BCUT2D eigenvalue weighted by molar-refractivity contribution is 7.18. The van der Waals surface area contributed by atoms with E-state index < -0.39 is 0 Å². The van der Waals surface area contributed by atoms with Crippen molar-refractivity contribution in [3.05, 3.63) is 51.7 Å². The van der Waals surface area contributed by atoms with Crippen molar-refractivity contribution in [1.82, 2.24) is 14.8 Å².